The van der Waals surface area contributed by atoms with Gasteiger partial charge in [0.05, 0.1) is 0 Å². The van der Waals surface area contributed by atoms with Crippen molar-refractivity contribution in [3.05, 3.63) is 47.7 Å². The molecule has 0 aromatic carbocycles. The van der Waals surface area contributed by atoms with E-state index in [1.54, 1.807) is 0 Å². The maximum absolute atomic E-state index is 5.79. The molecule has 0 radical (unpaired) electrons. The molecule has 0 atom stereocenters. The van der Waals surface area contributed by atoms with Gasteiger partial charge in [-0.2, -0.15) is 0 Å². The van der Waals surface area contributed by atoms with Crippen LogP contribution in [0.25, 0.3) is 0 Å². The van der Waals surface area contributed by atoms with Gasteiger partial charge in [0.15, 0.2) is 0 Å². The van der Waals surface area contributed by atoms with E-state index in [2.05, 4.69) is 100 Å². The Bertz CT molecular complexity index is 695. The standard InChI is InChI=1S/C23H44NP.C7H12.Ti/c1-10-17-21(4,5)25(22(6,7)18-11-2,23(8,9)19-12-3)24-20-15-13-14-16-20;1-5-7(4)6(2)3;/h13-15H,10-12,16-19H2,1-9H3;5H,2H2,1,3-4H3;. The minimum Gasteiger partial charge on any atom is -0.270 e. The summed E-state index contributed by atoms with van der Waals surface area (Å²) in [4.78, 5) is 0. The summed E-state index contributed by atoms with van der Waals surface area (Å²) < 4.78 is 5.79. The predicted molar refractivity (Wildman–Crippen MR) is 152 cm³/mol. The molecule has 33 heavy (non-hydrogen) atoms. The summed E-state index contributed by atoms with van der Waals surface area (Å²) in [6, 6.07) is 0. The van der Waals surface area contributed by atoms with Crippen molar-refractivity contribution in [3.8, 4) is 0 Å². The molecule has 0 spiro atoms. The van der Waals surface area contributed by atoms with E-state index in [-0.39, 0.29) is 37.2 Å². The van der Waals surface area contributed by atoms with Crippen molar-refractivity contribution in [1.82, 2.24) is 0 Å². The van der Waals surface area contributed by atoms with Crippen LogP contribution < -0.4 is 0 Å². The summed E-state index contributed by atoms with van der Waals surface area (Å²) in [6.45, 7) is 32.1. The zero-order valence-electron chi connectivity index (χ0n) is 24.4. The second-order valence-electron chi connectivity index (χ2n) is 11.5. The van der Waals surface area contributed by atoms with E-state index in [9.17, 15) is 0 Å². The average Bonchev–Trinajstić information content (AvgIpc) is 3.18. The summed E-state index contributed by atoms with van der Waals surface area (Å²) in [6.07, 6.45) is 17.3. The van der Waals surface area contributed by atoms with E-state index in [4.69, 9.17) is 4.74 Å². The second-order valence-corrected chi connectivity index (χ2v) is 16.6. The molecule has 0 saturated carbocycles. The number of nitrogens with zero attached hydrogens (tertiary/aromatic N) is 1. The van der Waals surface area contributed by atoms with Gasteiger partial charge in [0, 0.05) is 49.3 Å². The van der Waals surface area contributed by atoms with Crippen molar-refractivity contribution in [2.24, 2.45) is 4.74 Å². The van der Waals surface area contributed by atoms with Crippen LogP contribution in [0.3, 0.4) is 0 Å². The van der Waals surface area contributed by atoms with Gasteiger partial charge < -0.3 is 0 Å². The third-order valence-corrected chi connectivity index (χ3v) is 13.8. The molecule has 0 aromatic heterocycles. The quantitative estimate of drug-likeness (QED) is 0.149. The fraction of sp³-hybridized carbons (Fsp3) is 0.733. The molecule has 0 unspecified atom stereocenters. The molecule has 0 aliphatic heterocycles. The Balaban J connectivity index is 0. The summed E-state index contributed by atoms with van der Waals surface area (Å²) in [5.74, 6) is 0. The topological polar surface area (TPSA) is 12.4 Å². The minimum atomic E-state index is -1.69. The van der Waals surface area contributed by atoms with E-state index in [1.807, 2.05) is 13.8 Å². The molecule has 3 heteroatoms. The summed E-state index contributed by atoms with van der Waals surface area (Å²) in [5.41, 5.74) is 3.76. The van der Waals surface area contributed by atoms with Crippen molar-refractivity contribution in [2.45, 2.75) is 143 Å². The molecule has 0 aromatic rings. The Morgan fingerprint density at radius 2 is 1.30 bits per heavy atom. The molecule has 0 heterocycles. The van der Waals surface area contributed by atoms with Gasteiger partial charge in [-0.05, 0) is 53.2 Å². The molecule has 1 aliphatic rings. The predicted octanol–water partition coefficient (Wildman–Crippen LogP) is 11.3. The van der Waals surface area contributed by atoms with Crippen molar-refractivity contribution < 1.29 is 21.7 Å². The van der Waals surface area contributed by atoms with E-state index in [0.717, 1.165) is 12.0 Å². The summed E-state index contributed by atoms with van der Waals surface area (Å²) >= 11 is 0. The van der Waals surface area contributed by atoms with Gasteiger partial charge in [-0.25, -0.2) is 0 Å². The van der Waals surface area contributed by atoms with Gasteiger partial charge in [0.25, 0.3) is 0 Å². The molecular formula is C30H56NPTi. The van der Waals surface area contributed by atoms with Crippen molar-refractivity contribution in [2.75, 3.05) is 0 Å². The molecule has 0 fully saturated rings. The largest absolute Gasteiger partial charge is 0.270 e. The third-order valence-electron chi connectivity index (χ3n) is 7.35. The molecule has 1 nitrogen and oxygen atoms in total. The first-order valence-electron chi connectivity index (χ1n) is 13.0. The molecule has 1 rings (SSSR count). The normalized spacial score (nSPS) is 14.8. The Morgan fingerprint density at radius 1 is 0.909 bits per heavy atom. The Morgan fingerprint density at radius 3 is 1.52 bits per heavy atom. The van der Waals surface area contributed by atoms with E-state index < -0.39 is 7.05 Å². The Hall–Kier alpha value is -0.0957. The van der Waals surface area contributed by atoms with Gasteiger partial charge in [-0.1, -0.05) is 118 Å². The third kappa shape index (κ3) is 8.81. The van der Waals surface area contributed by atoms with E-state index in [1.165, 1.54) is 49.8 Å². The van der Waals surface area contributed by atoms with Crippen LogP contribution >= 0.6 is 7.05 Å². The molecule has 190 valence electrons. The fourth-order valence-corrected chi connectivity index (χ4v) is 14.0. The van der Waals surface area contributed by atoms with Crippen LogP contribution in [0.15, 0.2) is 52.5 Å². The molecule has 1 aliphatic carbocycles. The monoisotopic (exact) mass is 509 g/mol. The van der Waals surface area contributed by atoms with Crippen LogP contribution in [0, 0.1) is 0 Å². The minimum absolute atomic E-state index is 0. The number of allylic oxidation sites excluding steroid dienone is 6. The van der Waals surface area contributed by atoms with Crippen LogP contribution in [0.1, 0.15) is 128 Å². The second kappa shape index (κ2) is 15.1. The van der Waals surface area contributed by atoms with Crippen molar-refractivity contribution in [1.29, 1.82) is 0 Å². The first-order valence-corrected chi connectivity index (χ1v) is 14.7. The molecule has 0 saturated heterocycles. The zero-order valence-corrected chi connectivity index (χ0v) is 26.8. The van der Waals surface area contributed by atoms with Gasteiger partial charge in [-0.15, -0.1) is 0 Å². The molecule has 0 bridgehead atoms. The first-order chi connectivity index (χ1) is 14.7. The first kappa shape index (κ1) is 35.1. The molecular weight excluding hydrogens is 453 g/mol. The smallest absolute Gasteiger partial charge is 0.0425 e. The molecule has 0 amide bonds. The SMILES string of the molecule is C=C(C)C(C)=CC.CCCC(C)(C)P(=NC1=CC=CC1)(C(C)(C)CCC)C(C)(C)CCC.[Ti]. The van der Waals surface area contributed by atoms with Crippen LogP contribution in [0.2, 0.25) is 0 Å². The van der Waals surface area contributed by atoms with Crippen molar-refractivity contribution in [3.63, 3.8) is 0 Å². The van der Waals surface area contributed by atoms with Crippen LogP contribution in [-0.2, 0) is 21.7 Å². The van der Waals surface area contributed by atoms with Gasteiger partial charge in [0.1, 0.15) is 0 Å². The number of hydrogen-bond acceptors (Lipinski definition) is 1. The zero-order chi connectivity index (χ0) is 25.2. The average molecular weight is 510 g/mol. The van der Waals surface area contributed by atoms with Gasteiger partial charge in [0.2, 0.25) is 0 Å². The maximum atomic E-state index is 5.79. The summed E-state index contributed by atoms with van der Waals surface area (Å²) in [5, 5.41) is 0.799. The van der Waals surface area contributed by atoms with Crippen LogP contribution in [0.4, 0.5) is 0 Å². The Kier molecular flexibility index (Phi) is 16.1. The van der Waals surface area contributed by atoms with Crippen molar-refractivity contribution >= 4 is 7.05 Å². The molecule has 0 N–H and O–H groups in total. The summed E-state index contributed by atoms with van der Waals surface area (Å²) in [7, 11) is -1.69. The van der Waals surface area contributed by atoms with Gasteiger partial charge in [-0.3, -0.25) is 4.74 Å². The fourth-order valence-electron chi connectivity index (χ4n) is 6.13. The van der Waals surface area contributed by atoms with E-state index in [0.29, 0.717) is 0 Å². The maximum Gasteiger partial charge on any atom is 0.0425 e. The van der Waals surface area contributed by atoms with Gasteiger partial charge >= 0.3 is 0 Å². The van der Waals surface area contributed by atoms with Crippen LogP contribution in [0.5, 0.6) is 0 Å². The Labute approximate surface area is 224 Å². The van der Waals surface area contributed by atoms with Crippen LogP contribution in [-0.4, -0.2) is 15.5 Å². The number of rotatable bonds is 11. The van der Waals surface area contributed by atoms with E-state index >= 15 is 0 Å². The number of hydrogen-bond donors (Lipinski definition) is 0.